The molecule has 214 valence electrons. The Labute approximate surface area is 243 Å². The Morgan fingerprint density at radius 2 is 1.48 bits per heavy atom. The van der Waals surface area contributed by atoms with Gasteiger partial charge in [0.15, 0.2) is 0 Å². The van der Waals surface area contributed by atoms with Gasteiger partial charge in [0.2, 0.25) is 11.8 Å². The van der Waals surface area contributed by atoms with Gasteiger partial charge in [-0.15, -0.1) is 0 Å². The Morgan fingerprint density at radius 3 is 2.05 bits per heavy atom. The fourth-order valence-electron chi connectivity index (χ4n) is 4.13. The van der Waals surface area contributed by atoms with Crippen LogP contribution in [0.15, 0.2) is 83.8 Å². The number of rotatable bonds is 12. The molecule has 3 aromatic carbocycles. The molecule has 0 aromatic heterocycles. The number of nitrogens with one attached hydrogen (secondary N) is 1. The van der Waals surface area contributed by atoms with E-state index < -0.39 is 28.5 Å². The number of sulfonamides is 1. The number of halogens is 1. The summed E-state index contributed by atoms with van der Waals surface area (Å²) in [5, 5.41) is 3.38. The Bertz CT molecular complexity index is 1400. The van der Waals surface area contributed by atoms with E-state index in [-0.39, 0.29) is 29.3 Å². The second-order valence-electron chi connectivity index (χ2n) is 10.2. The molecule has 0 aliphatic carbocycles. The minimum absolute atomic E-state index is 0.0408. The normalized spacial score (nSPS) is 13.0. The van der Waals surface area contributed by atoms with Crippen molar-refractivity contribution in [2.75, 3.05) is 10.8 Å². The van der Waals surface area contributed by atoms with Gasteiger partial charge in [0.25, 0.3) is 10.0 Å². The molecule has 9 heteroatoms. The molecular weight excluding hydrogens is 546 g/mol. The molecule has 0 spiro atoms. The van der Waals surface area contributed by atoms with Gasteiger partial charge in [-0.1, -0.05) is 80.9 Å². The van der Waals surface area contributed by atoms with Crippen molar-refractivity contribution in [3.63, 3.8) is 0 Å². The van der Waals surface area contributed by atoms with Crippen LogP contribution in [0.2, 0.25) is 5.02 Å². The molecule has 0 aliphatic rings. The number of hydrogen-bond donors (Lipinski definition) is 1. The van der Waals surface area contributed by atoms with Gasteiger partial charge in [-0.25, -0.2) is 8.42 Å². The maximum Gasteiger partial charge on any atom is 0.264 e. The van der Waals surface area contributed by atoms with Gasteiger partial charge < -0.3 is 10.2 Å². The van der Waals surface area contributed by atoms with Crippen LogP contribution in [-0.2, 0) is 26.2 Å². The molecule has 0 unspecified atom stereocenters. The van der Waals surface area contributed by atoms with Crippen molar-refractivity contribution in [2.24, 2.45) is 0 Å². The lowest BCUT2D eigenvalue weighted by Crippen LogP contribution is -2.52. The smallest absolute Gasteiger partial charge is 0.264 e. The molecule has 0 saturated carbocycles. The van der Waals surface area contributed by atoms with E-state index in [1.54, 1.807) is 61.5 Å². The average molecular weight is 584 g/mol. The number of hydrogen-bond acceptors (Lipinski definition) is 4. The second-order valence-corrected chi connectivity index (χ2v) is 12.4. The summed E-state index contributed by atoms with van der Waals surface area (Å²) >= 11 is 6.41. The third-order valence-electron chi connectivity index (χ3n) is 6.92. The maximum atomic E-state index is 14.0. The molecular formula is C31H38ClN3O4S. The minimum atomic E-state index is -4.11. The highest BCUT2D eigenvalue weighted by Gasteiger charge is 2.33. The van der Waals surface area contributed by atoms with E-state index in [0.29, 0.717) is 16.3 Å². The highest BCUT2D eigenvalue weighted by Crippen LogP contribution is 2.27. The minimum Gasteiger partial charge on any atom is -0.352 e. The van der Waals surface area contributed by atoms with Crippen molar-refractivity contribution in [1.29, 1.82) is 0 Å². The molecule has 0 radical (unpaired) electrons. The van der Waals surface area contributed by atoms with Crippen LogP contribution < -0.4 is 9.62 Å². The van der Waals surface area contributed by atoms with Crippen LogP contribution in [0.3, 0.4) is 0 Å². The average Bonchev–Trinajstić information content (AvgIpc) is 2.95. The lowest BCUT2D eigenvalue weighted by molar-refractivity contribution is -0.139. The summed E-state index contributed by atoms with van der Waals surface area (Å²) in [6.45, 7) is 9.13. The first kappa shape index (κ1) is 31.2. The van der Waals surface area contributed by atoms with Crippen LogP contribution in [0.4, 0.5) is 5.69 Å². The summed E-state index contributed by atoms with van der Waals surface area (Å²) in [6, 6.07) is 21.3. The van der Waals surface area contributed by atoms with Crippen molar-refractivity contribution in [1.82, 2.24) is 10.2 Å². The highest BCUT2D eigenvalue weighted by molar-refractivity contribution is 7.92. The summed E-state index contributed by atoms with van der Waals surface area (Å²) in [5.41, 5.74) is 2.05. The molecule has 3 aromatic rings. The van der Waals surface area contributed by atoms with Crippen molar-refractivity contribution in [3.05, 3.63) is 95.0 Å². The zero-order valence-corrected chi connectivity index (χ0v) is 25.2. The van der Waals surface area contributed by atoms with Crippen molar-refractivity contribution in [2.45, 2.75) is 70.5 Å². The monoisotopic (exact) mass is 583 g/mol. The van der Waals surface area contributed by atoms with E-state index in [2.05, 4.69) is 19.2 Å². The summed E-state index contributed by atoms with van der Waals surface area (Å²) in [7, 11) is -4.11. The van der Waals surface area contributed by atoms with Crippen LogP contribution in [0.1, 0.15) is 58.1 Å². The standard InChI is InChI=1S/C31H38ClN3O4S/c1-6-23(4)33-31(37)24(5)34(20-26-12-10-11-15-29(26)32)30(36)21-35(27-18-16-25(17-19-27)22(2)3)40(38,39)28-13-8-7-9-14-28/h7-19,22-24H,6,20-21H2,1-5H3,(H,33,37)/t23-,24-/m1/s1. The Balaban J connectivity index is 2.04. The van der Waals surface area contributed by atoms with Crippen LogP contribution >= 0.6 is 11.6 Å². The lowest BCUT2D eigenvalue weighted by Gasteiger charge is -2.32. The van der Waals surface area contributed by atoms with Crippen molar-refractivity contribution >= 4 is 39.1 Å². The van der Waals surface area contributed by atoms with Gasteiger partial charge in [-0.2, -0.15) is 0 Å². The first-order chi connectivity index (χ1) is 18.9. The van der Waals surface area contributed by atoms with Gasteiger partial charge in [-0.05, 0) is 67.6 Å². The third kappa shape index (κ3) is 7.64. The first-order valence-corrected chi connectivity index (χ1v) is 15.3. The van der Waals surface area contributed by atoms with Gasteiger partial charge in [0, 0.05) is 17.6 Å². The molecule has 3 rings (SSSR count). The van der Waals surface area contributed by atoms with E-state index in [4.69, 9.17) is 11.6 Å². The molecule has 0 bridgehead atoms. The molecule has 40 heavy (non-hydrogen) atoms. The Hall–Kier alpha value is -3.36. The zero-order chi connectivity index (χ0) is 29.4. The molecule has 0 fully saturated rings. The van der Waals surface area contributed by atoms with Crippen LogP contribution in [-0.4, -0.2) is 43.8 Å². The summed E-state index contributed by atoms with van der Waals surface area (Å²) in [6.07, 6.45) is 0.729. The van der Waals surface area contributed by atoms with E-state index >= 15 is 0 Å². The highest BCUT2D eigenvalue weighted by atomic mass is 35.5. The third-order valence-corrected chi connectivity index (χ3v) is 9.08. The number of benzene rings is 3. The van der Waals surface area contributed by atoms with E-state index in [1.165, 1.54) is 17.0 Å². The number of carbonyl (C=O) groups is 2. The topological polar surface area (TPSA) is 86.8 Å². The van der Waals surface area contributed by atoms with Crippen molar-refractivity contribution < 1.29 is 18.0 Å². The predicted molar refractivity (Wildman–Crippen MR) is 161 cm³/mol. The number of carbonyl (C=O) groups excluding carboxylic acids is 2. The molecule has 0 aliphatic heterocycles. The SMILES string of the molecule is CC[C@@H](C)NC(=O)[C@@H](C)N(Cc1ccccc1Cl)C(=O)CN(c1ccc(C(C)C)cc1)S(=O)(=O)c1ccccc1. The predicted octanol–water partition coefficient (Wildman–Crippen LogP) is 5.99. The Kier molecular flexibility index (Phi) is 10.8. The first-order valence-electron chi connectivity index (χ1n) is 13.5. The quantitative estimate of drug-likeness (QED) is 0.284. The van der Waals surface area contributed by atoms with Gasteiger partial charge >= 0.3 is 0 Å². The van der Waals surface area contributed by atoms with Gasteiger partial charge in [0.05, 0.1) is 10.6 Å². The summed E-state index contributed by atoms with van der Waals surface area (Å²) in [4.78, 5) is 28.6. The molecule has 2 amide bonds. The van der Waals surface area contributed by atoms with Gasteiger partial charge in [0.1, 0.15) is 12.6 Å². The lowest BCUT2D eigenvalue weighted by atomic mass is 10.0. The number of anilines is 1. The molecule has 0 saturated heterocycles. The van der Waals surface area contributed by atoms with E-state index in [9.17, 15) is 18.0 Å². The maximum absolute atomic E-state index is 14.0. The second kappa shape index (κ2) is 13.8. The van der Waals surface area contributed by atoms with Crippen LogP contribution in [0, 0.1) is 0 Å². The molecule has 0 heterocycles. The summed E-state index contributed by atoms with van der Waals surface area (Å²) in [5.74, 6) is -0.599. The Morgan fingerprint density at radius 1 is 0.875 bits per heavy atom. The number of nitrogens with zero attached hydrogens (tertiary/aromatic N) is 2. The van der Waals surface area contributed by atoms with Crippen LogP contribution in [0.25, 0.3) is 0 Å². The molecule has 1 N–H and O–H groups in total. The van der Waals surface area contributed by atoms with Crippen molar-refractivity contribution in [3.8, 4) is 0 Å². The van der Waals surface area contributed by atoms with Crippen LogP contribution in [0.5, 0.6) is 0 Å². The van der Waals surface area contributed by atoms with Gasteiger partial charge in [-0.3, -0.25) is 13.9 Å². The number of amides is 2. The molecule has 7 nitrogen and oxygen atoms in total. The fourth-order valence-corrected chi connectivity index (χ4v) is 5.76. The molecule has 2 atom stereocenters. The summed E-state index contributed by atoms with van der Waals surface area (Å²) < 4.78 is 28.8. The van der Waals surface area contributed by atoms with E-state index in [0.717, 1.165) is 16.3 Å². The van der Waals surface area contributed by atoms with E-state index in [1.807, 2.05) is 26.0 Å². The zero-order valence-electron chi connectivity index (χ0n) is 23.7. The largest absolute Gasteiger partial charge is 0.352 e. The fraction of sp³-hybridized carbons (Fsp3) is 0.355.